The van der Waals surface area contributed by atoms with E-state index in [2.05, 4.69) is 23.0 Å². The van der Waals surface area contributed by atoms with E-state index in [9.17, 15) is 4.79 Å². The highest BCUT2D eigenvalue weighted by Gasteiger charge is 2.26. The number of carbonyl (C=O) groups is 1. The first-order valence-electron chi connectivity index (χ1n) is 8.49. The number of nitrogens with zero attached hydrogens (tertiary/aromatic N) is 2. The van der Waals surface area contributed by atoms with Gasteiger partial charge in [0.15, 0.2) is 0 Å². The zero-order valence-corrected chi connectivity index (χ0v) is 13.1. The molecule has 3 rings (SSSR count). The lowest BCUT2D eigenvalue weighted by Crippen LogP contribution is -2.46. The number of hydrogen-bond donors (Lipinski definition) is 1. The predicted molar refractivity (Wildman–Crippen MR) is 84.5 cm³/mol. The van der Waals surface area contributed by atoms with Gasteiger partial charge in [-0.3, -0.25) is 4.79 Å². The average molecular weight is 289 g/mol. The third-order valence-electron chi connectivity index (χ3n) is 4.99. The molecular weight excluding hydrogens is 262 g/mol. The Labute approximate surface area is 127 Å². The summed E-state index contributed by atoms with van der Waals surface area (Å²) in [6.45, 7) is 4.80. The van der Waals surface area contributed by atoms with Crippen LogP contribution in [-0.4, -0.2) is 41.1 Å². The summed E-state index contributed by atoms with van der Waals surface area (Å²) in [6, 6.07) is 5.01. The van der Waals surface area contributed by atoms with Gasteiger partial charge in [-0.05, 0) is 57.7 Å². The lowest BCUT2D eigenvalue weighted by molar-refractivity contribution is 0.0724. The molecule has 1 aromatic rings. The first kappa shape index (κ1) is 14.6. The Hall–Kier alpha value is -1.29. The summed E-state index contributed by atoms with van der Waals surface area (Å²) in [6.07, 6.45) is 9.52. The molecule has 1 unspecified atom stereocenters. The number of rotatable bonds is 5. The van der Waals surface area contributed by atoms with Gasteiger partial charge in [-0.2, -0.15) is 0 Å². The topological polar surface area (TPSA) is 37.3 Å². The zero-order chi connectivity index (χ0) is 14.7. The molecule has 21 heavy (non-hydrogen) atoms. The van der Waals surface area contributed by atoms with E-state index >= 15 is 0 Å². The molecular formula is C17H27N3O. The number of amides is 1. The second-order valence-corrected chi connectivity index (χ2v) is 6.38. The van der Waals surface area contributed by atoms with Crippen molar-refractivity contribution in [3.63, 3.8) is 0 Å². The quantitative estimate of drug-likeness (QED) is 0.905. The molecule has 0 spiro atoms. The van der Waals surface area contributed by atoms with Crippen molar-refractivity contribution in [2.75, 3.05) is 19.6 Å². The van der Waals surface area contributed by atoms with Crippen LogP contribution in [0.2, 0.25) is 0 Å². The van der Waals surface area contributed by atoms with E-state index in [0.717, 1.165) is 25.3 Å². The maximum atomic E-state index is 12.9. The molecule has 0 aromatic carbocycles. The van der Waals surface area contributed by atoms with Gasteiger partial charge in [-0.25, -0.2) is 0 Å². The van der Waals surface area contributed by atoms with E-state index in [4.69, 9.17) is 0 Å². The van der Waals surface area contributed by atoms with Gasteiger partial charge in [0.2, 0.25) is 0 Å². The highest BCUT2D eigenvalue weighted by molar-refractivity contribution is 5.92. The van der Waals surface area contributed by atoms with Crippen molar-refractivity contribution < 1.29 is 4.79 Å². The van der Waals surface area contributed by atoms with Gasteiger partial charge in [0.05, 0.1) is 0 Å². The first-order valence-corrected chi connectivity index (χ1v) is 8.49. The maximum Gasteiger partial charge on any atom is 0.270 e. The number of nitrogens with one attached hydrogen (secondary N) is 1. The van der Waals surface area contributed by atoms with Crippen molar-refractivity contribution in [3.8, 4) is 0 Å². The SMILES string of the molecule is CCN(CC1CCCCN1)C(=O)c1cccn1C1CCC1. The van der Waals surface area contributed by atoms with Crippen LogP contribution in [0.3, 0.4) is 0 Å². The summed E-state index contributed by atoms with van der Waals surface area (Å²) in [7, 11) is 0. The van der Waals surface area contributed by atoms with Crippen LogP contribution in [0.25, 0.3) is 0 Å². The summed E-state index contributed by atoms with van der Waals surface area (Å²) in [5, 5.41) is 3.54. The fourth-order valence-corrected chi connectivity index (χ4v) is 3.42. The smallest absolute Gasteiger partial charge is 0.270 e. The summed E-state index contributed by atoms with van der Waals surface area (Å²) in [5.74, 6) is 0.196. The summed E-state index contributed by atoms with van der Waals surface area (Å²) in [5.41, 5.74) is 0.873. The highest BCUT2D eigenvalue weighted by atomic mass is 16.2. The number of piperidine rings is 1. The van der Waals surface area contributed by atoms with Gasteiger partial charge < -0.3 is 14.8 Å². The van der Waals surface area contributed by atoms with Crippen LogP contribution >= 0.6 is 0 Å². The molecule has 4 heteroatoms. The van der Waals surface area contributed by atoms with E-state index in [1.807, 2.05) is 17.0 Å². The normalized spacial score (nSPS) is 22.8. The molecule has 116 valence electrons. The van der Waals surface area contributed by atoms with Gasteiger partial charge >= 0.3 is 0 Å². The third-order valence-corrected chi connectivity index (χ3v) is 4.99. The summed E-state index contributed by atoms with van der Waals surface area (Å²) >= 11 is 0. The van der Waals surface area contributed by atoms with Crippen molar-refractivity contribution in [3.05, 3.63) is 24.0 Å². The Balaban J connectivity index is 1.68. The Bertz CT molecular complexity index is 472. The molecule has 0 bridgehead atoms. The Morgan fingerprint density at radius 3 is 2.81 bits per heavy atom. The lowest BCUT2D eigenvalue weighted by atomic mass is 9.93. The Kier molecular flexibility index (Phi) is 4.63. The molecule has 1 aliphatic heterocycles. The van der Waals surface area contributed by atoms with E-state index in [0.29, 0.717) is 12.1 Å². The van der Waals surface area contributed by atoms with Crippen LogP contribution < -0.4 is 5.32 Å². The molecule has 2 aliphatic rings. The van der Waals surface area contributed by atoms with Crippen molar-refractivity contribution in [2.24, 2.45) is 0 Å². The van der Waals surface area contributed by atoms with Crippen LogP contribution in [0.5, 0.6) is 0 Å². The fraction of sp³-hybridized carbons (Fsp3) is 0.706. The van der Waals surface area contributed by atoms with Crippen LogP contribution in [0.1, 0.15) is 62.0 Å². The summed E-state index contributed by atoms with van der Waals surface area (Å²) < 4.78 is 2.20. The van der Waals surface area contributed by atoms with Gasteiger partial charge in [0, 0.05) is 31.4 Å². The fourth-order valence-electron chi connectivity index (χ4n) is 3.42. The van der Waals surface area contributed by atoms with Crippen molar-refractivity contribution >= 4 is 5.91 Å². The van der Waals surface area contributed by atoms with Gasteiger partial charge in [0.1, 0.15) is 5.69 Å². The van der Waals surface area contributed by atoms with E-state index in [1.54, 1.807) is 0 Å². The minimum Gasteiger partial charge on any atom is -0.340 e. The summed E-state index contributed by atoms with van der Waals surface area (Å²) in [4.78, 5) is 14.9. The highest BCUT2D eigenvalue weighted by Crippen LogP contribution is 2.33. The molecule has 1 saturated carbocycles. The van der Waals surface area contributed by atoms with E-state index < -0.39 is 0 Å². The standard InChI is InChI=1S/C17H27N3O/c1-2-19(13-14-7-3-4-11-18-14)17(21)16-10-6-12-20(16)15-8-5-9-15/h6,10,12,14-15,18H,2-5,7-9,11,13H2,1H3. The maximum absolute atomic E-state index is 12.9. The van der Waals surface area contributed by atoms with E-state index in [1.165, 1.54) is 38.5 Å². The molecule has 4 nitrogen and oxygen atoms in total. The Morgan fingerprint density at radius 1 is 1.33 bits per heavy atom. The van der Waals surface area contributed by atoms with Gasteiger partial charge in [-0.15, -0.1) is 0 Å². The lowest BCUT2D eigenvalue weighted by Gasteiger charge is -2.32. The second kappa shape index (κ2) is 6.65. The van der Waals surface area contributed by atoms with Crippen LogP contribution in [0, 0.1) is 0 Å². The average Bonchev–Trinajstić information content (AvgIpc) is 2.92. The van der Waals surface area contributed by atoms with Crippen LogP contribution in [0.4, 0.5) is 0 Å². The number of hydrogen-bond acceptors (Lipinski definition) is 2. The zero-order valence-electron chi connectivity index (χ0n) is 13.1. The second-order valence-electron chi connectivity index (χ2n) is 6.38. The molecule has 1 aromatic heterocycles. The minimum atomic E-state index is 0.196. The molecule has 1 amide bonds. The molecule has 1 aliphatic carbocycles. The molecule has 2 fully saturated rings. The third kappa shape index (κ3) is 3.15. The Morgan fingerprint density at radius 2 is 2.19 bits per heavy atom. The monoisotopic (exact) mass is 289 g/mol. The minimum absolute atomic E-state index is 0.196. The molecule has 0 radical (unpaired) electrons. The van der Waals surface area contributed by atoms with Crippen LogP contribution in [-0.2, 0) is 0 Å². The van der Waals surface area contributed by atoms with Gasteiger partial charge in [0.25, 0.3) is 5.91 Å². The first-order chi connectivity index (χ1) is 10.3. The molecule has 2 heterocycles. The van der Waals surface area contributed by atoms with Crippen molar-refractivity contribution in [1.82, 2.24) is 14.8 Å². The molecule has 1 saturated heterocycles. The van der Waals surface area contributed by atoms with E-state index in [-0.39, 0.29) is 5.91 Å². The molecule has 1 N–H and O–H groups in total. The number of likely N-dealkylation sites (N-methyl/N-ethyl adjacent to an activating group) is 1. The van der Waals surface area contributed by atoms with Gasteiger partial charge in [-0.1, -0.05) is 6.42 Å². The predicted octanol–water partition coefficient (Wildman–Crippen LogP) is 2.82. The van der Waals surface area contributed by atoms with Crippen molar-refractivity contribution in [1.29, 1.82) is 0 Å². The molecule has 1 atom stereocenters. The number of aromatic nitrogens is 1. The van der Waals surface area contributed by atoms with Crippen molar-refractivity contribution in [2.45, 2.75) is 57.5 Å². The van der Waals surface area contributed by atoms with Crippen LogP contribution in [0.15, 0.2) is 18.3 Å². The largest absolute Gasteiger partial charge is 0.340 e. The number of carbonyl (C=O) groups excluding carboxylic acids is 1.